The van der Waals surface area contributed by atoms with E-state index >= 15 is 0 Å². The molecule has 2 amide bonds. The number of rotatable bonds is 7. The molecule has 0 spiro atoms. The molecule has 0 radical (unpaired) electrons. The number of carbonyl (C=O) groups excluding carboxylic acids is 2. The molecule has 0 heterocycles. The van der Waals surface area contributed by atoms with E-state index in [2.05, 4.69) is 10.6 Å². The normalized spacial score (nSPS) is 11.0. The van der Waals surface area contributed by atoms with Crippen molar-refractivity contribution >= 4 is 17.7 Å². The number of amides is 2. The molecule has 0 aliphatic carbocycles. The Labute approximate surface area is 131 Å². The van der Waals surface area contributed by atoms with Crippen LogP contribution in [0.1, 0.15) is 50.4 Å². The van der Waals surface area contributed by atoms with E-state index in [1.54, 1.807) is 30.5 Å². The Kier molecular flexibility index (Phi) is 7.75. The molecule has 0 unspecified atom stereocenters. The molecule has 0 fully saturated rings. The molecule has 0 aliphatic heterocycles. The molecule has 5 heteroatoms. The van der Waals surface area contributed by atoms with E-state index in [4.69, 9.17) is 4.74 Å². The van der Waals surface area contributed by atoms with Crippen molar-refractivity contribution in [1.82, 2.24) is 5.32 Å². The number of hydrogen-bond donors (Lipinski definition) is 2. The molecular formula is C17H24N2O3. The van der Waals surface area contributed by atoms with Gasteiger partial charge >= 0.3 is 12.0 Å². The SMILES string of the molecule is CCCCOC(=O)c1ccccc1NC(=O)N/C=C(\C)CC. The number of unbranched alkanes of at least 4 members (excludes halogenated alkanes) is 1. The molecule has 22 heavy (non-hydrogen) atoms. The van der Waals surface area contributed by atoms with Crippen LogP contribution in [0.3, 0.4) is 0 Å². The summed E-state index contributed by atoms with van der Waals surface area (Å²) in [6.07, 6.45) is 4.29. The second-order valence-corrected chi connectivity index (χ2v) is 4.98. The van der Waals surface area contributed by atoms with Gasteiger partial charge in [0.15, 0.2) is 0 Å². The fourth-order valence-corrected chi connectivity index (χ4v) is 1.61. The van der Waals surface area contributed by atoms with Gasteiger partial charge in [-0.25, -0.2) is 9.59 Å². The van der Waals surface area contributed by atoms with Gasteiger partial charge in [-0.2, -0.15) is 0 Å². The highest BCUT2D eigenvalue weighted by atomic mass is 16.5. The summed E-state index contributed by atoms with van der Waals surface area (Å²) in [6, 6.07) is 6.41. The van der Waals surface area contributed by atoms with Crippen molar-refractivity contribution in [1.29, 1.82) is 0 Å². The Morgan fingerprint density at radius 3 is 2.64 bits per heavy atom. The highest BCUT2D eigenvalue weighted by Gasteiger charge is 2.13. The Bertz CT molecular complexity index is 538. The smallest absolute Gasteiger partial charge is 0.340 e. The molecule has 1 aromatic carbocycles. The van der Waals surface area contributed by atoms with Gasteiger partial charge in [0, 0.05) is 6.20 Å². The van der Waals surface area contributed by atoms with Crippen molar-refractivity contribution in [3.05, 3.63) is 41.6 Å². The number of para-hydroxylation sites is 1. The highest BCUT2D eigenvalue weighted by molar-refractivity contribution is 6.01. The average Bonchev–Trinajstić information content (AvgIpc) is 2.53. The number of allylic oxidation sites excluding steroid dienone is 1. The average molecular weight is 304 g/mol. The van der Waals surface area contributed by atoms with Crippen LogP contribution in [0.4, 0.5) is 10.5 Å². The predicted octanol–water partition coefficient (Wildman–Crippen LogP) is 4.08. The fraction of sp³-hybridized carbons (Fsp3) is 0.412. The number of nitrogens with one attached hydrogen (secondary N) is 2. The first-order valence-electron chi connectivity index (χ1n) is 7.57. The highest BCUT2D eigenvalue weighted by Crippen LogP contribution is 2.16. The van der Waals surface area contributed by atoms with Gasteiger partial charge in [0.05, 0.1) is 17.9 Å². The minimum atomic E-state index is -0.426. The van der Waals surface area contributed by atoms with Gasteiger partial charge in [-0.1, -0.05) is 38.0 Å². The van der Waals surface area contributed by atoms with Gasteiger partial charge in [-0.15, -0.1) is 0 Å². The van der Waals surface area contributed by atoms with Gasteiger partial charge in [0.1, 0.15) is 0 Å². The summed E-state index contributed by atoms with van der Waals surface area (Å²) in [5.74, 6) is -0.426. The van der Waals surface area contributed by atoms with E-state index in [1.165, 1.54) is 0 Å². The molecular weight excluding hydrogens is 280 g/mol. The Balaban J connectivity index is 2.71. The van der Waals surface area contributed by atoms with E-state index in [1.807, 2.05) is 20.8 Å². The summed E-state index contributed by atoms with van der Waals surface area (Å²) in [5, 5.41) is 5.30. The van der Waals surface area contributed by atoms with Gasteiger partial charge < -0.3 is 15.4 Å². The third-order valence-corrected chi connectivity index (χ3v) is 3.13. The fourth-order valence-electron chi connectivity index (χ4n) is 1.61. The quantitative estimate of drug-likeness (QED) is 0.589. The van der Waals surface area contributed by atoms with E-state index in [9.17, 15) is 9.59 Å². The summed E-state index contributed by atoms with van der Waals surface area (Å²) < 4.78 is 5.18. The first-order chi connectivity index (χ1) is 10.6. The Hall–Kier alpha value is -2.30. The second-order valence-electron chi connectivity index (χ2n) is 4.98. The third kappa shape index (κ3) is 5.99. The topological polar surface area (TPSA) is 67.4 Å². The van der Waals surface area contributed by atoms with Crippen LogP contribution in [0.2, 0.25) is 0 Å². The molecule has 0 bridgehead atoms. The number of esters is 1. The maximum absolute atomic E-state index is 12.0. The number of benzene rings is 1. The molecule has 2 N–H and O–H groups in total. The maximum Gasteiger partial charge on any atom is 0.340 e. The molecule has 0 aromatic heterocycles. The number of hydrogen-bond acceptors (Lipinski definition) is 3. The maximum atomic E-state index is 12.0. The van der Waals surface area contributed by atoms with Crippen LogP contribution < -0.4 is 10.6 Å². The molecule has 0 saturated heterocycles. The first kappa shape index (κ1) is 17.8. The zero-order chi connectivity index (χ0) is 16.4. The predicted molar refractivity (Wildman–Crippen MR) is 87.8 cm³/mol. The van der Waals surface area contributed by atoms with E-state index in [0.717, 1.165) is 24.8 Å². The van der Waals surface area contributed by atoms with Crippen molar-refractivity contribution in [2.75, 3.05) is 11.9 Å². The van der Waals surface area contributed by atoms with Crippen LogP contribution in [0.25, 0.3) is 0 Å². The summed E-state index contributed by atoms with van der Waals surface area (Å²) in [5.41, 5.74) is 1.84. The third-order valence-electron chi connectivity index (χ3n) is 3.13. The standard InChI is InChI=1S/C17H24N2O3/c1-4-6-11-22-16(20)14-9-7-8-10-15(14)19-17(21)18-12-13(3)5-2/h7-10,12H,4-6,11H2,1-3H3,(H2,18,19,21)/b13-12+. The van der Waals surface area contributed by atoms with E-state index < -0.39 is 5.97 Å². The zero-order valence-corrected chi connectivity index (χ0v) is 13.4. The minimum Gasteiger partial charge on any atom is -0.462 e. The van der Waals surface area contributed by atoms with Gasteiger partial charge in [0.2, 0.25) is 0 Å². The largest absolute Gasteiger partial charge is 0.462 e. The number of anilines is 1. The first-order valence-corrected chi connectivity index (χ1v) is 7.57. The summed E-state index contributed by atoms with van der Waals surface area (Å²) in [4.78, 5) is 23.9. The summed E-state index contributed by atoms with van der Waals surface area (Å²) in [7, 11) is 0. The molecule has 120 valence electrons. The lowest BCUT2D eigenvalue weighted by Gasteiger charge is -2.10. The van der Waals surface area contributed by atoms with Crippen LogP contribution >= 0.6 is 0 Å². The van der Waals surface area contributed by atoms with Gasteiger partial charge in [-0.05, 0) is 31.9 Å². The van der Waals surface area contributed by atoms with Crippen LogP contribution in [0.5, 0.6) is 0 Å². The van der Waals surface area contributed by atoms with Crippen LogP contribution in [-0.4, -0.2) is 18.6 Å². The molecule has 0 aliphatic rings. The zero-order valence-electron chi connectivity index (χ0n) is 13.4. The molecule has 0 atom stereocenters. The lowest BCUT2D eigenvalue weighted by Crippen LogP contribution is -2.25. The number of carbonyl (C=O) groups is 2. The van der Waals surface area contributed by atoms with Crippen LogP contribution in [0, 0.1) is 0 Å². The van der Waals surface area contributed by atoms with Crippen molar-refractivity contribution < 1.29 is 14.3 Å². The summed E-state index contributed by atoms with van der Waals surface area (Å²) >= 11 is 0. The molecule has 1 rings (SSSR count). The lowest BCUT2D eigenvalue weighted by molar-refractivity contribution is 0.0501. The number of urea groups is 1. The lowest BCUT2D eigenvalue weighted by atomic mass is 10.2. The molecule has 5 nitrogen and oxygen atoms in total. The van der Waals surface area contributed by atoms with E-state index in [0.29, 0.717) is 17.9 Å². The number of ether oxygens (including phenoxy) is 1. The van der Waals surface area contributed by atoms with Gasteiger partial charge in [-0.3, -0.25) is 0 Å². The van der Waals surface area contributed by atoms with Crippen LogP contribution in [0.15, 0.2) is 36.0 Å². The van der Waals surface area contributed by atoms with Crippen LogP contribution in [-0.2, 0) is 4.74 Å². The Morgan fingerprint density at radius 2 is 1.95 bits per heavy atom. The van der Waals surface area contributed by atoms with Gasteiger partial charge in [0.25, 0.3) is 0 Å². The van der Waals surface area contributed by atoms with Crippen molar-refractivity contribution in [3.8, 4) is 0 Å². The molecule has 0 saturated carbocycles. The van der Waals surface area contributed by atoms with Crippen molar-refractivity contribution in [2.45, 2.75) is 40.0 Å². The summed E-state index contributed by atoms with van der Waals surface area (Å²) in [6.45, 7) is 6.35. The van der Waals surface area contributed by atoms with Crippen molar-refractivity contribution in [2.24, 2.45) is 0 Å². The Morgan fingerprint density at radius 1 is 1.23 bits per heavy atom. The van der Waals surface area contributed by atoms with E-state index in [-0.39, 0.29) is 6.03 Å². The minimum absolute atomic E-state index is 0.352. The van der Waals surface area contributed by atoms with Crippen molar-refractivity contribution in [3.63, 3.8) is 0 Å². The monoisotopic (exact) mass is 304 g/mol. The molecule has 1 aromatic rings. The second kappa shape index (κ2) is 9.60.